The topological polar surface area (TPSA) is 56.4 Å². The minimum Gasteiger partial charge on any atom is -0.497 e. The highest BCUT2D eigenvalue weighted by Crippen LogP contribution is 2.29. The highest BCUT2D eigenvalue weighted by atomic mass is 35.5. The molecule has 1 unspecified atom stereocenters. The van der Waals surface area contributed by atoms with Gasteiger partial charge in [0.15, 0.2) is 0 Å². The molecule has 1 aliphatic rings. The number of aromatic amines is 1. The first-order chi connectivity index (χ1) is 11.2. The van der Waals surface area contributed by atoms with Crippen molar-refractivity contribution in [3.8, 4) is 11.5 Å². The van der Waals surface area contributed by atoms with Crippen LogP contribution in [0.2, 0.25) is 5.02 Å². The lowest BCUT2D eigenvalue weighted by Crippen LogP contribution is -2.16. The Hall–Kier alpha value is -1.43. The third-order valence-corrected chi connectivity index (χ3v) is 4.30. The van der Waals surface area contributed by atoms with E-state index < -0.39 is 0 Å². The van der Waals surface area contributed by atoms with E-state index in [-0.39, 0.29) is 24.6 Å². The Labute approximate surface area is 153 Å². The second kappa shape index (κ2) is 9.16. The summed E-state index contributed by atoms with van der Waals surface area (Å²) in [5.41, 5.74) is 0. The molecule has 1 aliphatic heterocycles. The minimum absolute atomic E-state index is 0. The largest absolute Gasteiger partial charge is 0.497 e. The Morgan fingerprint density at radius 2 is 2.17 bits per heavy atom. The molecule has 0 bridgehead atoms. The van der Waals surface area contributed by atoms with Crippen LogP contribution >= 0.6 is 24.0 Å². The molecule has 0 radical (unpaired) electrons. The van der Waals surface area contributed by atoms with Crippen LogP contribution in [-0.2, 0) is 11.2 Å². The number of benzene rings is 1. The maximum absolute atomic E-state index is 6.16. The van der Waals surface area contributed by atoms with Crippen molar-refractivity contribution in [1.82, 2.24) is 9.97 Å². The van der Waals surface area contributed by atoms with Gasteiger partial charge in [-0.1, -0.05) is 11.6 Å². The smallest absolute Gasteiger partial charge is 0.138 e. The van der Waals surface area contributed by atoms with Gasteiger partial charge in [-0.25, -0.2) is 4.98 Å². The van der Waals surface area contributed by atoms with Gasteiger partial charge in [-0.05, 0) is 25.0 Å². The van der Waals surface area contributed by atoms with E-state index in [2.05, 4.69) is 9.97 Å². The summed E-state index contributed by atoms with van der Waals surface area (Å²) in [5.74, 6) is 2.39. The Balaban J connectivity index is 0.00000208. The summed E-state index contributed by atoms with van der Waals surface area (Å²) >= 11 is 6.16. The lowest BCUT2D eigenvalue weighted by molar-refractivity contribution is 0.0327. The molecule has 24 heavy (non-hydrogen) atoms. The molecular weight excluding hydrogens is 351 g/mol. The highest BCUT2D eigenvalue weighted by Gasteiger charge is 2.25. The van der Waals surface area contributed by atoms with E-state index in [1.54, 1.807) is 19.4 Å². The fourth-order valence-corrected chi connectivity index (χ4v) is 3.02. The SMILES string of the molecule is COc1ccc(OCCC2CC[C@@H](Cc3ncc[nH]3)O2)c(Cl)c1.Cl. The van der Waals surface area contributed by atoms with Crippen molar-refractivity contribution in [3.05, 3.63) is 41.4 Å². The van der Waals surface area contributed by atoms with E-state index >= 15 is 0 Å². The molecule has 0 saturated carbocycles. The van der Waals surface area contributed by atoms with Gasteiger partial charge >= 0.3 is 0 Å². The first-order valence-electron chi connectivity index (χ1n) is 7.84. The number of H-pyrrole nitrogens is 1. The first kappa shape index (κ1) is 18.9. The van der Waals surface area contributed by atoms with Crippen LogP contribution in [0.4, 0.5) is 0 Å². The third kappa shape index (κ3) is 5.03. The minimum atomic E-state index is 0. The van der Waals surface area contributed by atoms with E-state index in [0.717, 1.165) is 37.3 Å². The summed E-state index contributed by atoms with van der Waals surface area (Å²) in [6, 6.07) is 5.42. The average molecular weight is 373 g/mol. The van der Waals surface area contributed by atoms with Gasteiger partial charge in [0, 0.05) is 31.3 Å². The van der Waals surface area contributed by atoms with Crippen LogP contribution in [0.1, 0.15) is 25.1 Å². The molecule has 5 nitrogen and oxygen atoms in total. The van der Waals surface area contributed by atoms with Crippen LogP contribution in [-0.4, -0.2) is 35.9 Å². The van der Waals surface area contributed by atoms with E-state index in [9.17, 15) is 0 Å². The molecule has 1 aromatic carbocycles. The second-order valence-corrected chi connectivity index (χ2v) is 6.04. The van der Waals surface area contributed by atoms with Gasteiger partial charge in [-0.2, -0.15) is 0 Å². The summed E-state index contributed by atoms with van der Waals surface area (Å²) in [4.78, 5) is 7.36. The molecule has 1 fully saturated rings. The fourth-order valence-electron chi connectivity index (χ4n) is 2.79. The Kier molecular flexibility index (Phi) is 7.21. The van der Waals surface area contributed by atoms with E-state index in [1.807, 2.05) is 18.3 Å². The van der Waals surface area contributed by atoms with Gasteiger partial charge in [0.2, 0.25) is 0 Å². The Bertz CT molecular complexity index is 622. The number of rotatable bonds is 7. The zero-order valence-corrected chi connectivity index (χ0v) is 15.1. The zero-order chi connectivity index (χ0) is 16.1. The standard InChI is InChI=1S/C17H21ClN2O3.ClH/c1-21-13-4-5-16(15(18)10-13)22-9-6-12-2-3-14(23-12)11-17-19-7-8-20-17;/h4-5,7-8,10,12,14H,2-3,6,9,11H2,1H3,(H,19,20);1H/t12?,14-;/m0./s1. The number of nitrogens with zero attached hydrogens (tertiary/aromatic N) is 1. The fraction of sp³-hybridized carbons (Fsp3) is 0.471. The summed E-state index contributed by atoms with van der Waals surface area (Å²) in [5, 5.41) is 0.562. The van der Waals surface area contributed by atoms with Crippen molar-refractivity contribution < 1.29 is 14.2 Å². The van der Waals surface area contributed by atoms with Crippen LogP contribution in [0.5, 0.6) is 11.5 Å². The molecule has 2 atom stereocenters. The van der Waals surface area contributed by atoms with Crippen LogP contribution < -0.4 is 9.47 Å². The lowest BCUT2D eigenvalue weighted by Gasteiger charge is -2.14. The van der Waals surface area contributed by atoms with Crippen molar-refractivity contribution in [2.24, 2.45) is 0 Å². The van der Waals surface area contributed by atoms with E-state index in [4.69, 9.17) is 25.8 Å². The summed E-state index contributed by atoms with van der Waals surface area (Å²) in [7, 11) is 1.61. The van der Waals surface area contributed by atoms with Crippen LogP contribution in [0, 0.1) is 0 Å². The third-order valence-electron chi connectivity index (χ3n) is 4.01. The van der Waals surface area contributed by atoms with Gasteiger partial charge in [-0.3, -0.25) is 0 Å². The molecule has 0 aliphatic carbocycles. The van der Waals surface area contributed by atoms with Gasteiger partial charge in [0.05, 0.1) is 30.9 Å². The van der Waals surface area contributed by atoms with Gasteiger partial charge in [0.25, 0.3) is 0 Å². The van der Waals surface area contributed by atoms with Gasteiger partial charge in [-0.15, -0.1) is 12.4 Å². The summed E-state index contributed by atoms with van der Waals surface area (Å²) < 4.78 is 16.9. The normalized spacial score (nSPS) is 19.8. The summed E-state index contributed by atoms with van der Waals surface area (Å²) in [6.45, 7) is 0.587. The predicted octanol–water partition coefficient (Wildman–Crippen LogP) is 4.05. The number of imidazole rings is 1. The quantitative estimate of drug-likeness (QED) is 0.796. The van der Waals surface area contributed by atoms with Gasteiger partial charge < -0.3 is 19.2 Å². The van der Waals surface area contributed by atoms with E-state index in [0.29, 0.717) is 17.4 Å². The monoisotopic (exact) mass is 372 g/mol. The number of hydrogen-bond acceptors (Lipinski definition) is 4. The van der Waals surface area contributed by atoms with Crippen LogP contribution in [0.15, 0.2) is 30.6 Å². The molecule has 7 heteroatoms. The highest BCUT2D eigenvalue weighted by molar-refractivity contribution is 6.32. The predicted molar refractivity (Wildman–Crippen MR) is 95.6 cm³/mol. The number of aromatic nitrogens is 2. The van der Waals surface area contributed by atoms with Crippen LogP contribution in [0.25, 0.3) is 0 Å². The molecular formula is C17H22Cl2N2O3. The van der Waals surface area contributed by atoms with Crippen molar-refractivity contribution >= 4 is 24.0 Å². The average Bonchev–Trinajstić information content (AvgIpc) is 3.21. The summed E-state index contributed by atoms with van der Waals surface area (Å²) in [6.07, 6.45) is 7.93. The molecule has 1 saturated heterocycles. The maximum atomic E-state index is 6.16. The molecule has 2 heterocycles. The molecule has 2 aromatic rings. The van der Waals surface area contributed by atoms with Crippen molar-refractivity contribution in [2.75, 3.05) is 13.7 Å². The van der Waals surface area contributed by atoms with E-state index in [1.165, 1.54) is 0 Å². The van der Waals surface area contributed by atoms with Crippen molar-refractivity contribution in [3.63, 3.8) is 0 Å². The Morgan fingerprint density at radius 1 is 1.33 bits per heavy atom. The molecule has 1 N–H and O–H groups in total. The number of ether oxygens (including phenoxy) is 3. The number of nitrogens with one attached hydrogen (secondary N) is 1. The molecule has 0 amide bonds. The molecule has 3 rings (SSSR count). The molecule has 132 valence electrons. The lowest BCUT2D eigenvalue weighted by atomic mass is 10.1. The Morgan fingerprint density at radius 3 is 2.88 bits per heavy atom. The maximum Gasteiger partial charge on any atom is 0.138 e. The number of methoxy groups -OCH3 is 1. The number of hydrogen-bond donors (Lipinski definition) is 1. The van der Waals surface area contributed by atoms with Crippen molar-refractivity contribution in [2.45, 2.75) is 37.9 Å². The van der Waals surface area contributed by atoms with Crippen LogP contribution in [0.3, 0.4) is 0 Å². The second-order valence-electron chi connectivity index (χ2n) is 5.63. The molecule has 1 aromatic heterocycles. The van der Waals surface area contributed by atoms with Crippen molar-refractivity contribution in [1.29, 1.82) is 0 Å². The van der Waals surface area contributed by atoms with Gasteiger partial charge in [0.1, 0.15) is 17.3 Å². The number of halogens is 2. The first-order valence-corrected chi connectivity index (χ1v) is 8.22. The zero-order valence-electron chi connectivity index (χ0n) is 13.5. The molecule has 0 spiro atoms.